The van der Waals surface area contributed by atoms with Crippen molar-refractivity contribution in [1.82, 2.24) is 0 Å². The van der Waals surface area contributed by atoms with Crippen LogP contribution in [0.2, 0.25) is 0 Å². The molecule has 1 unspecified atom stereocenters. The zero-order valence-electron chi connectivity index (χ0n) is 14.9. The van der Waals surface area contributed by atoms with Crippen LogP contribution in [0.5, 0.6) is 0 Å². The number of carbonyl (C=O) groups excluding carboxylic acids is 2. The second-order valence-electron chi connectivity index (χ2n) is 8.99. The standard InChI is InChI=1S/C18H30O4/c1-15(2,3)22-14(20)10-18(9-13(19)21-6)11-16(4)7-8-17(16,5)12-18/h7-12H2,1-6H3/t16-,17+,18?. The quantitative estimate of drug-likeness (QED) is 0.740. The fourth-order valence-electron chi connectivity index (χ4n) is 4.67. The van der Waals surface area contributed by atoms with Crippen molar-refractivity contribution in [2.45, 2.75) is 78.7 Å². The molecule has 0 saturated heterocycles. The zero-order valence-corrected chi connectivity index (χ0v) is 14.9. The lowest BCUT2D eigenvalue weighted by atomic mass is 9.53. The zero-order chi connectivity index (χ0) is 16.8. The normalized spacial score (nSPS) is 37.2. The minimum Gasteiger partial charge on any atom is -0.469 e. The molecular weight excluding hydrogens is 280 g/mol. The highest BCUT2D eigenvalue weighted by molar-refractivity contribution is 5.74. The van der Waals surface area contributed by atoms with E-state index in [-0.39, 0.29) is 28.2 Å². The Balaban J connectivity index is 2.18. The van der Waals surface area contributed by atoms with Crippen LogP contribution in [0.25, 0.3) is 0 Å². The molecule has 0 aliphatic heterocycles. The van der Waals surface area contributed by atoms with Crippen LogP contribution in [0.3, 0.4) is 0 Å². The lowest BCUT2D eigenvalue weighted by molar-refractivity contribution is -0.158. The van der Waals surface area contributed by atoms with Gasteiger partial charge < -0.3 is 9.47 Å². The number of esters is 2. The second kappa shape index (κ2) is 5.24. The average molecular weight is 310 g/mol. The summed E-state index contributed by atoms with van der Waals surface area (Å²) in [6.07, 6.45) is 4.80. The number of rotatable bonds is 4. The van der Waals surface area contributed by atoms with Crippen LogP contribution in [0, 0.1) is 16.2 Å². The summed E-state index contributed by atoms with van der Waals surface area (Å²) in [6, 6.07) is 0. The molecule has 0 N–H and O–H groups in total. The highest BCUT2D eigenvalue weighted by atomic mass is 16.6. The summed E-state index contributed by atoms with van der Waals surface area (Å²) in [5, 5.41) is 0. The van der Waals surface area contributed by atoms with E-state index in [2.05, 4.69) is 13.8 Å². The monoisotopic (exact) mass is 310 g/mol. The maximum atomic E-state index is 12.4. The molecule has 0 spiro atoms. The Morgan fingerprint density at radius 1 is 0.955 bits per heavy atom. The fourth-order valence-corrected chi connectivity index (χ4v) is 4.67. The van der Waals surface area contributed by atoms with Gasteiger partial charge in [0, 0.05) is 0 Å². The summed E-state index contributed by atoms with van der Waals surface area (Å²) < 4.78 is 10.4. The molecule has 0 amide bonds. The Labute approximate surface area is 133 Å². The van der Waals surface area contributed by atoms with Gasteiger partial charge >= 0.3 is 11.9 Å². The van der Waals surface area contributed by atoms with Gasteiger partial charge in [0.05, 0.1) is 20.0 Å². The first-order chi connectivity index (χ1) is 9.93. The lowest BCUT2D eigenvalue weighted by Crippen LogP contribution is -2.42. The van der Waals surface area contributed by atoms with E-state index in [9.17, 15) is 9.59 Å². The summed E-state index contributed by atoms with van der Waals surface area (Å²) in [5.74, 6) is -0.429. The van der Waals surface area contributed by atoms with Crippen LogP contribution in [0.15, 0.2) is 0 Å². The maximum absolute atomic E-state index is 12.4. The van der Waals surface area contributed by atoms with Crippen molar-refractivity contribution in [1.29, 1.82) is 0 Å². The first kappa shape index (κ1) is 17.3. The Hall–Kier alpha value is -1.06. The van der Waals surface area contributed by atoms with Gasteiger partial charge in [-0.3, -0.25) is 9.59 Å². The molecule has 4 heteroatoms. The third-order valence-corrected chi connectivity index (χ3v) is 5.90. The average Bonchev–Trinajstić information content (AvgIpc) is 2.46. The Morgan fingerprint density at radius 2 is 1.41 bits per heavy atom. The molecule has 2 rings (SSSR count). The Kier molecular flexibility index (Phi) is 4.12. The molecule has 2 aliphatic carbocycles. The van der Waals surface area contributed by atoms with E-state index in [4.69, 9.17) is 9.47 Å². The van der Waals surface area contributed by atoms with Gasteiger partial charge in [-0.15, -0.1) is 0 Å². The summed E-state index contributed by atoms with van der Waals surface area (Å²) in [6.45, 7) is 10.2. The van der Waals surface area contributed by atoms with Crippen molar-refractivity contribution in [3.8, 4) is 0 Å². The van der Waals surface area contributed by atoms with E-state index in [1.165, 1.54) is 20.0 Å². The molecule has 0 aromatic rings. The molecule has 2 fully saturated rings. The molecule has 0 bridgehead atoms. The Bertz CT molecular complexity index is 458. The predicted molar refractivity (Wildman–Crippen MR) is 84.2 cm³/mol. The number of ether oxygens (including phenoxy) is 2. The molecule has 2 aliphatic rings. The first-order valence-electron chi connectivity index (χ1n) is 8.21. The van der Waals surface area contributed by atoms with E-state index >= 15 is 0 Å². The second-order valence-corrected chi connectivity index (χ2v) is 8.99. The van der Waals surface area contributed by atoms with Crippen molar-refractivity contribution in [2.75, 3.05) is 7.11 Å². The van der Waals surface area contributed by atoms with Crippen LogP contribution in [-0.2, 0) is 19.1 Å². The fraction of sp³-hybridized carbons (Fsp3) is 0.889. The van der Waals surface area contributed by atoms with E-state index in [1.54, 1.807) is 0 Å². The van der Waals surface area contributed by atoms with Crippen molar-refractivity contribution in [3.05, 3.63) is 0 Å². The van der Waals surface area contributed by atoms with Gasteiger partial charge in [-0.1, -0.05) is 13.8 Å². The van der Waals surface area contributed by atoms with Gasteiger partial charge in [0.25, 0.3) is 0 Å². The van der Waals surface area contributed by atoms with Gasteiger partial charge in [-0.05, 0) is 62.7 Å². The minimum atomic E-state index is -0.491. The van der Waals surface area contributed by atoms with Crippen LogP contribution in [0.4, 0.5) is 0 Å². The number of hydrogen-bond donors (Lipinski definition) is 0. The highest BCUT2D eigenvalue weighted by Gasteiger charge is 2.64. The van der Waals surface area contributed by atoms with E-state index in [1.807, 2.05) is 20.8 Å². The van der Waals surface area contributed by atoms with Crippen molar-refractivity contribution >= 4 is 11.9 Å². The molecule has 126 valence electrons. The third-order valence-electron chi connectivity index (χ3n) is 5.90. The van der Waals surface area contributed by atoms with Crippen molar-refractivity contribution in [2.24, 2.45) is 16.2 Å². The van der Waals surface area contributed by atoms with Crippen LogP contribution < -0.4 is 0 Å². The van der Waals surface area contributed by atoms with E-state index in [0.29, 0.717) is 12.8 Å². The molecule has 0 radical (unpaired) electrons. The molecule has 0 aromatic heterocycles. The van der Waals surface area contributed by atoms with Crippen LogP contribution >= 0.6 is 0 Å². The highest BCUT2D eigenvalue weighted by Crippen LogP contribution is 2.72. The summed E-state index contributed by atoms with van der Waals surface area (Å²) >= 11 is 0. The van der Waals surface area contributed by atoms with Crippen molar-refractivity contribution in [3.63, 3.8) is 0 Å². The molecule has 22 heavy (non-hydrogen) atoms. The number of carbonyl (C=O) groups is 2. The topological polar surface area (TPSA) is 52.6 Å². The van der Waals surface area contributed by atoms with Gasteiger partial charge in [0.2, 0.25) is 0 Å². The lowest BCUT2D eigenvalue weighted by Gasteiger charge is -2.52. The summed E-state index contributed by atoms with van der Waals surface area (Å²) in [5.41, 5.74) is -0.323. The molecule has 4 nitrogen and oxygen atoms in total. The molecular formula is C18H30O4. The summed E-state index contributed by atoms with van der Waals surface area (Å²) in [4.78, 5) is 24.3. The number of methoxy groups -OCH3 is 1. The minimum absolute atomic E-state index is 0.204. The van der Waals surface area contributed by atoms with Crippen LogP contribution in [0.1, 0.15) is 73.1 Å². The number of hydrogen-bond acceptors (Lipinski definition) is 4. The van der Waals surface area contributed by atoms with E-state index in [0.717, 1.165) is 12.8 Å². The molecule has 3 atom stereocenters. The smallest absolute Gasteiger partial charge is 0.306 e. The maximum Gasteiger partial charge on any atom is 0.306 e. The first-order valence-corrected chi connectivity index (χ1v) is 8.21. The van der Waals surface area contributed by atoms with Gasteiger partial charge in [-0.2, -0.15) is 0 Å². The van der Waals surface area contributed by atoms with E-state index < -0.39 is 5.60 Å². The van der Waals surface area contributed by atoms with Crippen molar-refractivity contribution < 1.29 is 19.1 Å². The van der Waals surface area contributed by atoms with Gasteiger partial charge in [0.15, 0.2) is 0 Å². The third kappa shape index (κ3) is 3.16. The van der Waals surface area contributed by atoms with Crippen LogP contribution in [-0.4, -0.2) is 24.6 Å². The molecule has 2 saturated carbocycles. The Morgan fingerprint density at radius 3 is 1.77 bits per heavy atom. The van der Waals surface area contributed by atoms with Gasteiger partial charge in [0.1, 0.15) is 5.60 Å². The predicted octanol–water partition coefficient (Wildman–Crippen LogP) is 3.87. The van der Waals surface area contributed by atoms with Gasteiger partial charge in [-0.25, -0.2) is 0 Å². The largest absolute Gasteiger partial charge is 0.469 e. The SMILES string of the molecule is COC(=O)CC1(CC(=O)OC(C)(C)C)C[C@]2(C)CC[C@]2(C)C1. The molecule has 0 aromatic carbocycles. The number of fused-ring (bicyclic) bond motifs is 1. The summed E-state index contributed by atoms with van der Waals surface area (Å²) in [7, 11) is 1.41. The molecule has 0 heterocycles.